The average Bonchev–Trinajstić information content (AvgIpc) is 2.47. The number of nitrogens with zero attached hydrogens (tertiary/aromatic N) is 2. The predicted octanol–water partition coefficient (Wildman–Crippen LogP) is 3.16. The summed E-state index contributed by atoms with van der Waals surface area (Å²) in [5.74, 6) is 0. The third kappa shape index (κ3) is 3.49. The number of rotatable bonds is 4. The zero-order valence-electron chi connectivity index (χ0n) is 15.2. The van der Waals surface area contributed by atoms with E-state index in [2.05, 4.69) is 75.9 Å². The lowest BCUT2D eigenvalue weighted by Gasteiger charge is -2.34. The van der Waals surface area contributed by atoms with Crippen LogP contribution in [0, 0.1) is 0 Å². The van der Waals surface area contributed by atoms with Crippen LogP contribution in [0.1, 0.15) is 37.8 Å². The van der Waals surface area contributed by atoms with Crippen LogP contribution < -0.4 is 0 Å². The van der Waals surface area contributed by atoms with E-state index in [4.69, 9.17) is 0 Å². The summed E-state index contributed by atoms with van der Waals surface area (Å²) < 4.78 is 0. The lowest BCUT2D eigenvalue weighted by molar-refractivity contribution is 0.627. The molecule has 0 radical (unpaired) electrons. The van der Waals surface area contributed by atoms with E-state index in [9.17, 15) is 0 Å². The summed E-state index contributed by atoms with van der Waals surface area (Å²) in [5, 5.41) is 0. The summed E-state index contributed by atoms with van der Waals surface area (Å²) in [6.07, 6.45) is 4.57. The Labute approximate surface area is 137 Å². The largest absolute Gasteiger partial charge is 0.344 e. The van der Waals surface area contributed by atoms with Crippen LogP contribution in [0.25, 0.3) is 0 Å². The van der Waals surface area contributed by atoms with E-state index in [-0.39, 0.29) is 0 Å². The fourth-order valence-electron chi connectivity index (χ4n) is 3.96. The molecule has 0 saturated heterocycles. The number of benzene rings is 1. The highest BCUT2D eigenvalue weighted by atomic mass is 15.0. The fourth-order valence-corrected chi connectivity index (χ4v) is 3.96. The molecule has 0 amide bonds. The second-order valence-corrected chi connectivity index (χ2v) is 6.89. The molecule has 1 aromatic carbocycles. The van der Waals surface area contributed by atoms with Crippen LogP contribution in [-0.4, -0.2) is 51.5 Å². The molecule has 0 unspecified atom stereocenters. The van der Waals surface area contributed by atoms with E-state index in [1.165, 1.54) is 11.1 Å². The van der Waals surface area contributed by atoms with Gasteiger partial charge in [-0.2, -0.15) is 0 Å². The van der Waals surface area contributed by atoms with Gasteiger partial charge in [0.1, 0.15) is 0 Å². The molecule has 4 heteroatoms. The molecule has 2 nitrogen and oxygen atoms in total. The molecule has 0 aliphatic carbocycles. The van der Waals surface area contributed by atoms with Crippen molar-refractivity contribution in [3.8, 4) is 0 Å². The van der Waals surface area contributed by atoms with Crippen LogP contribution in [0.15, 0.2) is 35.2 Å². The Hall–Kier alpha value is -0.990. The average molecular weight is 296 g/mol. The van der Waals surface area contributed by atoms with E-state index >= 15 is 0 Å². The van der Waals surface area contributed by atoms with E-state index in [0.29, 0.717) is 13.7 Å². The highest BCUT2D eigenvalue weighted by molar-refractivity contribution is 6.71. The molecule has 0 fully saturated rings. The Bertz CT molecular complexity index is 491. The fraction of sp³-hybridized carbons (Fsp3) is 0.556. The summed E-state index contributed by atoms with van der Waals surface area (Å²) in [7, 11) is 8.90. The van der Waals surface area contributed by atoms with Crippen LogP contribution in [0.4, 0.5) is 0 Å². The minimum Gasteiger partial charge on any atom is -0.344 e. The Morgan fingerprint density at radius 3 is 1.41 bits per heavy atom. The molecule has 1 aromatic rings. The van der Waals surface area contributed by atoms with Crippen molar-refractivity contribution in [2.45, 2.75) is 39.3 Å². The zero-order valence-corrected chi connectivity index (χ0v) is 15.2. The molecular weight excluding hydrogens is 266 g/mol. The van der Waals surface area contributed by atoms with Crippen molar-refractivity contribution in [1.29, 1.82) is 0 Å². The van der Waals surface area contributed by atoms with Gasteiger partial charge in [0.15, 0.2) is 0 Å². The van der Waals surface area contributed by atoms with Crippen molar-refractivity contribution in [3.05, 3.63) is 46.3 Å². The molecular formula is C18H30B2N2. The molecule has 1 aliphatic heterocycles. The first-order valence-corrected chi connectivity index (χ1v) is 8.60. The highest BCUT2D eigenvalue weighted by Crippen LogP contribution is 2.28. The van der Waals surface area contributed by atoms with Gasteiger partial charge in [-0.05, 0) is 53.7 Å². The van der Waals surface area contributed by atoms with Gasteiger partial charge in [0.2, 0.25) is 0 Å². The van der Waals surface area contributed by atoms with Gasteiger partial charge >= 0.3 is 0 Å². The Kier molecular flexibility index (Phi) is 5.94. The molecule has 0 atom stereocenters. The van der Waals surface area contributed by atoms with Gasteiger partial charge in [-0.25, -0.2) is 0 Å². The van der Waals surface area contributed by atoms with E-state index in [1.807, 2.05) is 0 Å². The minimum atomic E-state index is 0.517. The van der Waals surface area contributed by atoms with Gasteiger partial charge in [-0.3, -0.25) is 0 Å². The molecule has 118 valence electrons. The second-order valence-electron chi connectivity index (χ2n) is 6.89. The highest BCUT2D eigenvalue weighted by Gasteiger charge is 2.33. The standard InChI is InChI=1S/C18H30B2N2/c1-7-17-18(8-2)20(22(5)6)14-16-12-10-9-11-15(16)13-19(17)21(3)4/h9-12H,7-8,13-14H2,1-6H3/b18-17-. The van der Waals surface area contributed by atoms with Crippen LogP contribution in [0.5, 0.6) is 0 Å². The van der Waals surface area contributed by atoms with Crippen molar-refractivity contribution in [3.63, 3.8) is 0 Å². The lowest BCUT2D eigenvalue weighted by atomic mass is 9.38. The SMILES string of the molecule is CC/C1=C(\CC)B(N(C)C)Cc2ccccc2CB1N(C)C. The van der Waals surface area contributed by atoms with Gasteiger partial charge in [0, 0.05) is 0 Å². The molecule has 0 bridgehead atoms. The first kappa shape index (κ1) is 17.4. The minimum absolute atomic E-state index is 0.517. The molecule has 1 heterocycles. The molecule has 0 spiro atoms. The van der Waals surface area contributed by atoms with Gasteiger partial charge in [0.05, 0.1) is 0 Å². The third-order valence-electron chi connectivity index (χ3n) is 5.17. The predicted molar refractivity (Wildman–Crippen MR) is 100 cm³/mol. The van der Waals surface area contributed by atoms with Crippen LogP contribution in [0.3, 0.4) is 0 Å². The Morgan fingerprint density at radius 1 is 0.773 bits per heavy atom. The third-order valence-corrected chi connectivity index (χ3v) is 5.17. The van der Waals surface area contributed by atoms with Gasteiger partial charge < -0.3 is 9.62 Å². The normalized spacial score (nSPS) is 19.5. The Balaban J connectivity index is 2.60. The summed E-state index contributed by atoms with van der Waals surface area (Å²) in [6, 6.07) is 9.02. The molecule has 0 saturated carbocycles. The van der Waals surface area contributed by atoms with Crippen LogP contribution >= 0.6 is 0 Å². The van der Waals surface area contributed by atoms with Gasteiger partial charge in [-0.15, -0.1) is 0 Å². The summed E-state index contributed by atoms with van der Waals surface area (Å²) in [4.78, 5) is 4.81. The number of hydrogen-bond acceptors (Lipinski definition) is 2. The first-order chi connectivity index (χ1) is 10.5. The van der Waals surface area contributed by atoms with Crippen molar-refractivity contribution < 1.29 is 0 Å². The second kappa shape index (κ2) is 7.52. The van der Waals surface area contributed by atoms with Crippen molar-refractivity contribution in [2.75, 3.05) is 28.2 Å². The topological polar surface area (TPSA) is 6.48 Å². The van der Waals surface area contributed by atoms with Gasteiger partial charge in [-0.1, -0.05) is 60.2 Å². The van der Waals surface area contributed by atoms with Crippen molar-refractivity contribution in [1.82, 2.24) is 9.62 Å². The summed E-state index contributed by atoms with van der Waals surface area (Å²) >= 11 is 0. The van der Waals surface area contributed by atoms with Gasteiger partial charge in [0.25, 0.3) is 13.7 Å². The van der Waals surface area contributed by atoms with E-state index < -0.39 is 0 Å². The number of allylic oxidation sites excluding steroid dienone is 2. The van der Waals surface area contributed by atoms with Crippen LogP contribution in [-0.2, 0) is 12.6 Å². The maximum Gasteiger partial charge on any atom is 0.256 e. The zero-order chi connectivity index (χ0) is 16.3. The van der Waals surface area contributed by atoms with Crippen molar-refractivity contribution >= 4 is 13.7 Å². The summed E-state index contributed by atoms with van der Waals surface area (Å²) in [6.45, 7) is 5.68. The molecule has 0 N–H and O–H groups in total. The van der Waals surface area contributed by atoms with Crippen molar-refractivity contribution in [2.24, 2.45) is 0 Å². The quantitative estimate of drug-likeness (QED) is 0.787. The first-order valence-electron chi connectivity index (χ1n) is 8.60. The lowest BCUT2D eigenvalue weighted by Crippen LogP contribution is -2.45. The number of fused-ring (bicyclic) bond motifs is 1. The summed E-state index contributed by atoms with van der Waals surface area (Å²) in [5.41, 5.74) is 6.35. The molecule has 0 aromatic heterocycles. The van der Waals surface area contributed by atoms with E-state index in [1.54, 1.807) is 10.9 Å². The molecule has 2 rings (SSSR count). The Morgan fingerprint density at radius 2 is 1.14 bits per heavy atom. The molecule has 22 heavy (non-hydrogen) atoms. The van der Waals surface area contributed by atoms with Crippen LogP contribution in [0.2, 0.25) is 0 Å². The smallest absolute Gasteiger partial charge is 0.256 e. The maximum atomic E-state index is 2.41. The monoisotopic (exact) mass is 296 g/mol. The van der Waals surface area contributed by atoms with E-state index in [0.717, 1.165) is 25.5 Å². The number of hydrogen-bond donors (Lipinski definition) is 0. The molecule has 1 aliphatic rings. The maximum absolute atomic E-state index is 2.41.